The molecule has 0 spiro atoms. The van der Waals surface area contributed by atoms with Gasteiger partial charge in [-0.25, -0.2) is 23.2 Å². The number of para-hydroxylation sites is 2. The molecule has 19 nitrogen and oxygen atoms in total. The van der Waals surface area contributed by atoms with Crippen LogP contribution in [0.5, 0.6) is 34.6 Å². The van der Waals surface area contributed by atoms with Crippen LogP contribution in [-0.4, -0.2) is 89.6 Å². The Balaban J connectivity index is 1.43. The van der Waals surface area contributed by atoms with E-state index in [1.807, 2.05) is 0 Å². The maximum Gasteiger partial charge on any atom is 0.412 e. The van der Waals surface area contributed by atoms with Crippen molar-refractivity contribution in [3.05, 3.63) is 85.2 Å². The summed E-state index contributed by atoms with van der Waals surface area (Å²) >= 11 is 0. The summed E-state index contributed by atoms with van der Waals surface area (Å²) in [5, 5.41) is 16.4. The number of hydrogen-bond acceptors (Lipinski definition) is 16. The second kappa shape index (κ2) is 16.3. The van der Waals surface area contributed by atoms with Gasteiger partial charge in [-0.15, -0.1) is 10.2 Å². The van der Waals surface area contributed by atoms with Gasteiger partial charge in [-0.2, -0.15) is 10.2 Å². The normalized spacial score (nSPS) is 10.9. The van der Waals surface area contributed by atoms with Gasteiger partial charge in [0, 0.05) is 24.0 Å². The van der Waals surface area contributed by atoms with E-state index in [0.717, 1.165) is 0 Å². The fourth-order valence-corrected chi connectivity index (χ4v) is 5.81. The fraction of sp³-hybridized carbons (Fsp3) is 0.152. The van der Waals surface area contributed by atoms with Crippen molar-refractivity contribution >= 4 is 27.8 Å². The number of benzene rings is 2. The van der Waals surface area contributed by atoms with E-state index in [9.17, 15) is 13.2 Å². The molecule has 20 heteroatoms. The molecule has 0 bridgehead atoms. The van der Waals surface area contributed by atoms with E-state index in [-0.39, 0.29) is 70.3 Å². The first kappa shape index (κ1) is 35.7. The Morgan fingerprint density at radius 2 is 1.62 bits per heavy atom. The molecule has 0 fully saturated rings. The first-order valence-electron chi connectivity index (χ1n) is 15.4. The molecule has 0 unspecified atom stereocenters. The van der Waals surface area contributed by atoms with Gasteiger partial charge in [0.2, 0.25) is 11.6 Å². The lowest BCUT2D eigenvalue weighted by atomic mass is 10.2. The van der Waals surface area contributed by atoms with Crippen molar-refractivity contribution < 1.29 is 41.6 Å². The van der Waals surface area contributed by atoms with Gasteiger partial charge in [0.15, 0.2) is 23.1 Å². The Bertz CT molecular complexity index is 2300. The molecule has 4 heterocycles. The fourth-order valence-electron chi connectivity index (χ4n) is 4.62. The van der Waals surface area contributed by atoms with Crippen LogP contribution >= 0.6 is 0 Å². The Labute approximate surface area is 301 Å². The van der Waals surface area contributed by atoms with Crippen molar-refractivity contribution in [3.8, 4) is 57.5 Å². The number of carbonyl (C=O) groups excluding carboxylic acids is 1. The van der Waals surface area contributed by atoms with E-state index < -0.39 is 16.1 Å². The molecular weight excluding hydrogens is 712 g/mol. The molecule has 0 radical (unpaired) electrons. The third-order valence-electron chi connectivity index (χ3n) is 7.05. The number of nitrogens with one attached hydrogen (secondary N) is 3. The highest BCUT2D eigenvalue weighted by atomic mass is 32.2. The summed E-state index contributed by atoms with van der Waals surface area (Å²) in [5.41, 5.74) is 0.672. The van der Waals surface area contributed by atoms with E-state index in [0.29, 0.717) is 17.0 Å². The predicted octanol–water partition coefficient (Wildman–Crippen LogP) is 4.36. The minimum atomic E-state index is -4.49. The molecule has 6 aromatic rings. The zero-order valence-corrected chi connectivity index (χ0v) is 29.0. The first-order valence-corrected chi connectivity index (χ1v) is 16.9. The number of aromatic amines is 1. The summed E-state index contributed by atoms with van der Waals surface area (Å²) in [6.07, 6.45) is 2.19. The molecule has 6 rings (SSSR count). The van der Waals surface area contributed by atoms with Crippen LogP contribution < -0.4 is 33.7 Å². The predicted molar refractivity (Wildman–Crippen MR) is 187 cm³/mol. The van der Waals surface area contributed by atoms with Crippen molar-refractivity contribution in [2.45, 2.75) is 4.90 Å². The summed E-state index contributed by atoms with van der Waals surface area (Å²) in [6.45, 7) is -0.514. The van der Waals surface area contributed by atoms with Crippen LogP contribution in [0.15, 0.2) is 90.1 Å². The van der Waals surface area contributed by atoms with Crippen molar-refractivity contribution in [1.82, 2.24) is 40.6 Å². The Hall–Kier alpha value is -7.09. The van der Waals surface area contributed by atoms with E-state index in [4.69, 9.17) is 28.4 Å². The number of sulfonamides is 1. The van der Waals surface area contributed by atoms with Crippen LogP contribution in [0.3, 0.4) is 0 Å². The zero-order chi connectivity index (χ0) is 37.2. The maximum absolute atomic E-state index is 14.1. The standard InChI is InChI=1S/C33H30N10O9S/c1-47-21-11-12-25(49-3)26(19-21)53(45,46)41-31-28(52-24-9-5-4-8-23(24)48-2)32(50-16-17-51-33(44)36-27-10-6-7-14-35-27)38-29(37-31)20-13-15-34-22(18-20)30-39-42-43-40-30/h4-15,18-19H,16-17H2,1-3H3,(H,35,36,44)(H,37,38,41)(H,39,40,42,43). The van der Waals surface area contributed by atoms with Crippen LogP contribution in [0, 0.1) is 0 Å². The minimum absolute atomic E-state index is 0.0243. The number of H-pyrrole nitrogens is 1. The van der Waals surface area contributed by atoms with Crippen LogP contribution in [0.1, 0.15) is 0 Å². The van der Waals surface area contributed by atoms with Crippen LogP contribution in [0.25, 0.3) is 22.9 Å². The number of nitrogens with zero attached hydrogens (tertiary/aromatic N) is 7. The summed E-state index contributed by atoms with van der Waals surface area (Å²) in [5.74, 6) is 0.371. The number of methoxy groups -OCH3 is 3. The lowest BCUT2D eigenvalue weighted by Crippen LogP contribution is -2.19. The van der Waals surface area contributed by atoms with Crippen molar-refractivity contribution in [3.63, 3.8) is 0 Å². The third kappa shape index (κ3) is 8.63. The van der Waals surface area contributed by atoms with E-state index in [1.54, 1.807) is 60.7 Å². The number of amides is 1. The van der Waals surface area contributed by atoms with Gasteiger partial charge in [0.1, 0.15) is 41.1 Å². The van der Waals surface area contributed by atoms with Gasteiger partial charge in [-0.3, -0.25) is 15.0 Å². The molecule has 0 aliphatic carbocycles. The molecule has 272 valence electrons. The van der Waals surface area contributed by atoms with E-state index in [1.165, 1.54) is 45.9 Å². The second-order valence-corrected chi connectivity index (χ2v) is 12.0. The molecule has 0 atom stereocenters. The lowest BCUT2D eigenvalue weighted by Gasteiger charge is -2.19. The molecule has 4 aromatic heterocycles. The van der Waals surface area contributed by atoms with Crippen LogP contribution in [0.2, 0.25) is 0 Å². The largest absolute Gasteiger partial charge is 0.497 e. The van der Waals surface area contributed by atoms with Crippen molar-refractivity contribution in [1.29, 1.82) is 0 Å². The van der Waals surface area contributed by atoms with Gasteiger partial charge >= 0.3 is 6.09 Å². The molecular formula is C33H30N10O9S. The van der Waals surface area contributed by atoms with Crippen LogP contribution in [0.4, 0.5) is 16.4 Å². The monoisotopic (exact) mass is 742 g/mol. The Kier molecular flexibility index (Phi) is 11.0. The zero-order valence-electron chi connectivity index (χ0n) is 28.2. The molecule has 0 saturated carbocycles. The molecule has 0 aliphatic heterocycles. The number of anilines is 2. The summed E-state index contributed by atoms with van der Waals surface area (Å²) in [4.78, 5) is 29.6. The van der Waals surface area contributed by atoms with Crippen molar-refractivity contribution in [2.24, 2.45) is 0 Å². The number of hydrogen-bond donors (Lipinski definition) is 3. The number of rotatable bonds is 15. The smallest absolute Gasteiger partial charge is 0.412 e. The van der Waals surface area contributed by atoms with E-state index in [2.05, 4.69) is 50.6 Å². The van der Waals surface area contributed by atoms with Crippen LogP contribution in [-0.2, 0) is 14.8 Å². The highest BCUT2D eigenvalue weighted by molar-refractivity contribution is 7.92. The summed E-state index contributed by atoms with van der Waals surface area (Å²) in [7, 11) is -0.318. The SMILES string of the molecule is COc1ccc(OC)c(S(=O)(=O)Nc2nc(-c3ccnc(-c4nn[nH]n4)c3)nc(OCCOC(=O)Nc3ccccn3)c2Oc2ccccc2OC)c1. The highest BCUT2D eigenvalue weighted by Crippen LogP contribution is 2.42. The second-order valence-electron chi connectivity index (χ2n) is 10.4. The molecule has 53 heavy (non-hydrogen) atoms. The molecule has 0 saturated heterocycles. The molecule has 0 aliphatic rings. The number of carbonyl (C=O) groups is 1. The average Bonchev–Trinajstić information content (AvgIpc) is 3.73. The van der Waals surface area contributed by atoms with Gasteiger partial charge in [0.05, 0.1) is 21.3 Å². The first-order chi connectivity index (χ1) is 25.8. The van der Waals surface area contributed by atoms with Crippen molar-refractivity contribution in [2.75, 3.05) is 44.6 Å². The number of aromatic nitrogens is 8. The minimum Gasteiger partial charge on any atom is -0.497 e. The average molecular weight is 743 g/mol. The molecule has 2 aromatic carbocycles. The topological polar surface area (TPSA) is 237 Å². The quantitative estimate of drug-likeness (QED) is 0.124. The molecule has 1 amide bonds. The van der Waals surface area contributed by atoms with Gasteiger partial charge in [-0.1, -0.05) is 18.2 Å². The molecule has 3 N–H and O–H groups in total. The Morgan fingerprint density at radius 1 is 0.811 bits per heavy atom. The van der Waals surface area contributed by atoms with Gasteiger partial charge in [0.25, 0.3) is 15.9 Å². The summed E-state index contributed by atoms with van der Waals surface area (Å²) in [6, 6.07) is 19.1. The Morgan fingerprint density at radius 3 is 2.36 bits per heavy atom. The van der Waals surface area contributed by atoms with E-state index >= 15 is 0 Å². The number of tetrazole rings is 1. The third-order valence-corrected chi connectivity index (χ3v) is 8.41. The maximum atomic E-state index is 14.1. The van der Waals surface area contributed by atoms with Gasteiger partial charge < -0.3 is 28.4 Å². The number of ether oxygens (including phenoxy) is 6. The highest BCUT2D eigenvalue weighted by Gasteiger charge is 2.28. The summed E-state index contributed by atoms with van der Waals surface area (Å²) < 4.78 is 64.3. The lowest BCUT2D eigenvalue weighted by molar-refractivity contribution is 0.135. The van der Waals surface area contributed by atoms with Gasteiger partial charge in [-0.05, 0) is 53.7 Å². The number of pyridine rings is 2.